The molecule has 1 atom stereocenters. The standard InChI is InChI=1S/C10H11ClF4N2/c11-7-4-5(10(13,14)15)3-6(9(7)12)8(17)1-2-16/h3-4,8H,1-2,16-17H2/t8-/m0/s1. The third-order valence-corrected chi connectivity index (χ3v) is 2.54. The Morgan fingerprint density at radius 2 is 1.88 bits per heavy atom. The molecule has 0 radical (unpaired) electrons. The summed E-state index contributed by atoms with van der Waals surface area (Å²) in [5, 5.41) is -0.595. The average Bonchev–Trinajstić information content (AvgIpc) is 2.20. The number of alkyl halides is 3. The smallest absolute Gasteiger partial charge is 0.330 e. The fourth-order valence-electron chi connectivity index (χ4n) is 1.38. The third-order valence-electron chi connectivity index (χ3n) is 2.26. The quantitative estimate of drug-likeness (QED) is 0.830. The lowest BCUT2D eigenvalue weighted by atomic mass is 10.0. The molecule has 96 valence electrons. The summed E-state index contributed by atoms with van der Waals surface area (Å²) in [6.45, 7) is 0.147. The topological polar surface area (TPSA) is 52.0 Å². The maximum Gasteiger partial charge on any atom is 0.416 e. The van der Waals surface area contributed by atoms with E-state index in [1.165, 1.54) is 0 Å². The van der Waals surface area contributed by atoms with E-state index in [1.807, 2.05) is 0 Å². The molecule has 0 bridgehead atoms. The first-order chi connectivity index (χ1) is 7.77. The van der Waals surface area contributed by atoms with Crippen LogP contribution >= 0.6 is 11.6 Å². The minimum atomic E-state index is -4.59. The number of hydrogen-bond donors (Lipinski definition) is 2. The lowest BCUT2D eigenvalue weighted by Crippen LogP contribution is -2.18. The number of rotatable bonds is 3. The highest BCUT2D eigenvalue weighted by atomic mass is 35.5. The van der Waals surface area contributed by atoms with Crippen LogP contribution in [0.3, 0.4) is 0 Å². The first kappa shape index (κ1) is 14.2. The normalized spacial score (nSPS) is 13.8. The summed E-state index contributed by atoms with van der Waals surface area (Å²) in [5.74, 6) is -0.930. The van der Waals surface area contributed by atoms with Gasteiger partial charge in [-0.15, -0.1) is 0 Å². The molecule has 1 aromatic carbocycles. The Kier molecular flexibility index (Phi) is 4.35. The molecule has 0 saturated carbocycles. The predicted octanol–water partition coefficient (Wildman–Crippen LogP) is 2.85. The van der Waals surface area contributed by atoms with Crippen molar-refractivity contribution in [3.05, 3.63) is 34.1 Å². The fraction of sp³-hybridized carbons (Fsp3) is 0.400. The van der Waals surface area contributed by atoms with Gasteiger partial charge in [0.2, 0.25) is 0 Å². The van der Waals surface area contributed by atoms with E-state index in [-0.39, 0.29) is 18.5 Å². The minimum Gasteiger partial charge on any atom is -0.330 e. The predicted molar refractivity (Wildman–Crippen MR) is 57.0 cm³/mol. The van der Waals surface area contributed by atoms with Gasteiger partial charge in [0, 0.05) is 11.6 Å². The Balaban J connectivity index is 3.25. The Morgan fingerprint density at radius 1 is 1.29 bits per heavy atom. The van der Waals surface area contributed by atoms with Gasteiger partial charge in [-0.05, 0) is 25.1 Å². The van der Waals surface area contributed by atoms with Crippen molar-refractivity contribution in [2.75, 3.05) is 6.54 Å². The van der Waals surface area contributed by atoms with Crippen molar-refractivity contribution in [3.63, 3.8) is 0 Å². The lowest BCUT2D eigenvalue weighted by Gasteiger charge is -2.15. The summed E-state index contributed by atoms with van der Waals surface area (Å²) < 4.78 is 51.0. The van der Waals surface area contributed by atoms with Crippen molar-refractivity contribution < 1.29 is 17.6 Å². The van der Waals surface area contributed by atoms with Crippen LogP contribution in [-0.2, 0) is 6.18 Å². The molecule has 0 unspecified atom stereocenters. The molecule has 0 spiro atoms. The Bertz CT molecular complexity index is 406. The summed E-state index contributed by atoms with van der Waals surface area (Å²) in [6.07, 6.45) is -4.41. The van der Waals surface area contributed by atoms with E-state index in [2.05, 4.69) is 0 Å². The second kappa shape index (κ2) is 5.20. The number of halogens is 5. The minimum absolute atomic E-state index is 0.147. The zero-order valence-corrected chi connectivity index (χ0v) is 9.45. The number of hydrogen-bond acceptors (Lipinski definition) is 2. The van der Waals surface area contributed by atoms with Crippen LogP contribution in [0.2, 0.25) is 5.02 Å². The van der Waals surface area contributed by atoms with Gasteiger partial charge in [0.1, 0.15) is 5.82 Å². The van der Waals surface area contributed by atoms with Gasteiger partial charge in [-0.3, -0.25) is 0 Å². The summed E-state index contributed by atoms with van der Waals surface area (Å²) in [7, 11) is 0. The summed E-state index contributed by atoms with van der Waals surface area (Å²) in [6, 6.07) is 0.302. The Labute approximate surface area is 101 Å². The maximum atomic E-state index is 13.5. The van der Waals surface area contributed by atoms with Crippen molar-refractivity contribution >= 4 is 11.6 Å². The van der Waals surface area contributed by atoms with Crippen LogP contribution in [0.5, 0.6) is 0 Å². The molecule has 7 heteroatoms. The van der Waals surface area contributed by atoms with E-state index in [0.717, 1.165) is 0 Å². The van der Waals surface area contributed by atoms with E-state index in [9.17, 15) is 17.6 Å². The van der Waals surface area contributed by atoms with Crippen LogP contribution in [-0.4, -0.2) is 6.54 Å². The molecule has 0 fully saturated rings. The van der Waals surface area contributed by atoms with E-state index in [4.69, 9.17) is 23.1 Å². The molecule has 0 aliphatic rings. The summed E-state index contributed by atoms with van der Waals surface area (Å²) >= 11 is 5.41. The Morgan fingerprint density at radius 3 is 2.35 bits per heavy atom. The third kappa shape index (κ3) is 3.31. The fourth-order valence-corrected chi connectivity index (χ4v) is 1.61. The molecule has 17 heavy (non-hydrogen) atoms. The molecule has 0 amide bonds. The van der Waals surface area contributed by atoms with Crippen LogP contribution in [0.1, 0.15) is 23.6 Å². The average molecular weight is 271 g/mol. The van der Waals surface area contributed by atoms with E-state index in [1.54, 1.807) is 0 Å². The molecule has 2 nitrogen and oxygen atoms in total. The van der Waals surface area contributed by atoms with Gasteiger partial charge >= 0.3 is 6.18 Å². The van der Waals surface area contributed by atoms with Gasteiger partial charge in [-0.2, -0.15) is 13.2 Å². The van der Waals surface area contributed by atoms with E-state index >= 15 is 0 Å². The molecule has 0 heterocycles. The molecule has 0 aromatic heterocycles. The molecular formula is C10H11ClF4N2. The molecule has 0 aliphatic heterocycles. The van der Waals surface area contributed by atoms with Gasteiger partial charge < -0.3 is 11.5 Å². The van der Waals surface area contributed by atoms with Crippen molar-refractivity contribution in [1.82, 2.24) is 0 Å². The SMILES string of the molecule is NCC[C@H](N)c1cc(C(F)(F)F)cc(Cl)c1F. The highest BCUT2D eigenvalue weighted by Gasteiger charge is 2.32. The van der Waals surface area contributed by atoms with Gasteiger partial charge in [0.25, 0.3) is 0 Å². The molecular weight excluding hydrogens is 260 g/mol. The Hall–Kier alpha value is -0.850. The molecule has 1 aromatic rings. The van der Waals surface area contributed by atoms with Crippen molar-refractivity contribution in [2.45, 2.75) is 18.6 Å². The van der Waals surface area contributed by atoms with Gasteiger partial charge in [-0.25, -0.2) is 4.39 Å². The monoisotopic (exact) mass is 270 g/mol. The zero-order valence-electron chi connectivity index (χ0n) is 8.69. The van der Waals surface area contributed by atoms with Gasteiger partial charge in [0.15, 0.2) is 0 Å². The highest BCUT2D eigenvalue weighted by Crippen LogP contribution is 2.35. The van der Waals surface area contributed by atoms with Crippen LogP contribution < -0.4 is 11.5 Å². The zero-order chi connectivity index (χ0) is 13.2. The molecule has 1 rings (SSSR count). The first-order valence-electron chi connectivity index (χ1n) is 4.79. The summed E-state index contributed by atoms with van der Waals surface area (Å²) in [4.78, 5) is 0. The van der Waals surface area contributed by atoms with Crippen molar-refractivity contribution in [3.8, 4) is 0 Å². The van der Waals surface area contributed by atoms with Gasteiger partial charge in [0.05, 0.1) is 10.6 Å². The second-order valence-corrected chi connectivity index (χ2v) is 3.95. The van der Waals surface area contributed by atoms with Crippen LogP contribution in [0, 0.1) is 5.82 Å². The van der Waals surface area contributed by atoms with Crippen LogP contribution in [0.25, 0.3) is 0 Å². The second-order valence-electron chi connectivity index (χ2n) is 3.54. The van der Waals surface area contributed by atoms with E-state index < -0.39 is 28.6 Å². The van der Waals surface area contributed by atoms with Crippen molar-refractivity contribution in [1.29, 1.82) is 0 Å². The number of nitrogens with two attached hydrogens (primary N) is 2. The molecule has 0 saturated heterocycles. The van der Waals surface area contributed by atoms with Crippen LogP contribution in [0.15, 0.2) is 12.1 Å². The lowest BCUT2D eigenvalue weighted by molar-refractivity contribution is -0.137. The maximum absolute atomic E-state index is 13.5. The van der Waals surface area contributed by atoms with Crippen LogP contribution in [0.4, 0.5) is 17.6 Å². The largest absolute Gasteiger partial charge is 0.416 e. The number of benzene rings is 1. The first-order valence-corrected chi connectivity index (χ1v) is 5.17. The van der Waals surface area contributed by atoms with Gasteiger partial charge in [-0.1, -0.05) is 11.6 Å². The van der Waals surface area contributed by atoms with E-state index in [0.29, 0.717) is 12.1 Å². The molecule has 4 N–H and O–H groups in total. The highest BCUT2D eigenvalue weighted by molar-refractivity contribution is 6.30. The summed E-state index contributed by atoms with van der Waals surface area (Å²) in [5.41, 5.74) is 9.47. The van der Waals surface area contributed by atoms with Crippen molar-refractivity contribution in [2.24, 2.45) is 11.5 Å². The molecule has 0 aliphatic carbocycles.